The Labute approximate surface area is 277 Å². The first-order valence-electron chi connectivity index (χ1n) is 16.8. The number of halogens is 3. The van der Waals surface area contributed by atoms with Crippen LogP contribution in [0.5, 0.6) is 0 Å². The summed E-state index contributed by atoms with van der Waals surface area (Å²) in [7, 11) is 0. The Balaban J connectivity index is 1.15. The summed E-state index contributed by atoms with van der Waals surface area (Å²) in [5, 5.41) is 6.30. The third kappa shape index (κ3) is 7.59. The standard InChI is InChI=1S/C36H42F3N5O4/c37-36(38,39)33-41-28-12-4-5-13-30(28)44(33)19-8-14-31(45)43-20-15-27-26(24-43)11-6-7-16-35(17-21-48-22-18-35)34(47)42-29(32(46)40-27)23-25-9-2-1-3-10-25/h1-7,9-10,12-13,26-27,29H,8,11,14-24H2,(H,40,46)(H,42,47)/b7-6+/t26-,27+,29-/m1/s1. The van der Waals surface area contributed by atoms with Crippen molar-refractivity contribution in [2.45, 2.75) is 76.2 Å². The molecule has 4 heterocycles. The summed E-state index contributed by atoms with van der Waals surface area (Å²) in [5.74, 6) is -1.52. The Hall–Kier alpha value is -4.19. The highest BCUT2D eigenvalue weighted by atomic mass is 19.4. The number of hydrogen-bond donors (Lipinski definition) is 2. The smallest absolute Gasteiger partial charge is 0.381 e. The van der Waals surface area contributed by atoms with Crippen LogP contribution in [0.4, 0.5) is 13.2 Å². The number of imidazole rings is 1. The highest BCUT2D eigenvalue weighted by molar-refractivity contribution is 5.90. The van der Waals surface area contributed by atoms with Crippen molar-refractivity contribution in [1.82, 2.24) is 25.1 Å². The van der Waals surface area contributed by atoms with E-state index in [2.05, 4.69) is 15.6 Å². The van der Waals surface area contributed by atoms with Crippen molar-refractivity contribution < 1.29 is 32.3 Å². The summed E-state index contributed by atoms with van der Waals surface area (Å²) in [4.78, 5) is 46.6. The van der Waals surface area contributed by atoms with E-state index in [1.807, 2.05) is 42.5 Å². The zero-order valence-electron chi connectivity index (χ0n) is 26.9. The van der Waals surface area contributed by atoms with Crippen molar-refractivity contribution in [2.24, 2.45) is 11.3 Å². The number of aromatic nitrogens is 2. The lowest BCUT2D eigenvalue weighted by Gasteiger charge is -2.40. The number of piperidine rings is 1. The fourth-order valence-electron chi connectivity index (χ4n) is 7.27. The number of fused-ring (bicyclic) bond motifs is 2. The summed E-state index contributed by atoms with van der Waals surface area (Å²) >= 11 is 0. The molecule has 0 bridgehead atoms. The van der Waals surface area contributed by atoms with Gasteiger partial charge >= 0.3 is 6.18 Å². The molecule has 2 fully saturated rings. The lowest BCUT2D eigenvalue weighted by atomic mass is 9.75. The summed E-state index contributed by atoms with van der Waals surface area (Å²) in [6.07, 6.45) is 2.98. The molecule has 1 aromatic heterocycles. The summed E-state index contributed by atoms with van der Waals surface area (Å²) in [6.45, 7) is 1.82. The van der Waals surface area contributed by atoms with Crippen molar-refractivity contribution in [1.29, 1.82) is 0 Å². The van der Waals surface area contributed by atoms with Gasteiger partial charge in [0.15, 0.2) is 0 Å². The molecule has 0 aliphatic carbocycles. The molecule has 3 amide bonds. The number of ether oxygens (including phenoxy) is 1. The number of rotatable bonds is 6. The molecule has 2 saturated heterocycles. The van der Waals surface area contributed by atoms with Crippen molar-refractivity contribution in [3.05, 3.63) is 78.1 Å². The third-order valence-corrected chi connectivity index (χ3v) is 10.0. The van der Waals surface area contributed by atoms with Gasteiger partial charge in [-0.2, -0.15) is 13.2 Å². The first-order valence-corrected chi connectivity index (χ1v) is 16.8. The fourth-order valence-corrected chi connectivity index (χ4v) is 7.27. The second-order valence-electron chi connectivity index (χ2n) is 13.2. The van der Waals surface area contributed by atoms with Gasteiger partial charge in [-0.25, -0.2) is 4.98 Å². The van der Waals surface area contributed by atoms with Crippen LogP contribution < -0.4 is 10.6 Å². The van der Waals surface area contributed by atoms with Crippen LogP contribution in [-0.2, 0) is 38.3 Å². The average molecular weight is 666 g/mol. The van der Waals surface area contributed by atoms with Gasteiger partial charge in [-0.3, -0.25) is 14.4 Å². The van der Waals surface area contributed by atoms with Gasteiger partial charge in [0.1, 0.15) is 6.04 Å². The van der Waals surface area contributed by atoms with Crippen molar-refractivity contribution in [2.75, 3.05) is 26.3 Å². The van der Waals surface area contributed by atoms with E-state index in [-0.39, 0.29) is 54.6 Å². The molecule has 3 aliphatic rings. The molecule has 48 heavy (non-hydrogen) atoms. The van der Waals surface area contributed by atoms with Crippen LogP contribution in [-0.4, -0.2) is 70.6 Å². The highest BCUT2D eigenvalue weighted by Gasteiger charge is 2.42. The van der Waals surface area contributed by atoms with Crippen molar-refractivity contribution in [3.63, 3.8) is 0 Å². The maximum absolute atomic E-state index is 13.8. The first-order chi connectivity index (χ1) is 23.1. The molecule has 0 unspecified atom stereocenters. The number of allylic oxidation sites excluding steroid dienone is 2. The normalized spacial score (nSPS) is 24.2. The van der Waals surface area contributed by atoms with Gasteiger partial charge in [0, 0.05) is 57.6 Å². The molecule has 0 saturated carbocycles. The van der Waals surface area contributed by atoms with Gasteiger partial charge in [-0.1, -0.05) is 54.6 Å². The molecule has 3 aromatic rings. The van der Waals surface area contributed by atoms with Crippen LogP contribution in [0.2, 0.25) is 0 Å². The van der Waals surface area contributed by atoms with Crippen LogP contribution in [0.25, 0.3) is 11.0 Å². The second-order valence-corrected chi connectivity index (χ2v) is 13.2. The predicted octanol–water partition coefficient (Wildman–Crippen LogP) is 5.04. The number of carbonyl (C=O) groups excluding carboxylic acids is 3. The van der Waals surface area contributed by atoms with Gasteiger partial charge in [0.05, 0.1) is 16.4 Å². The summed E-state index contributed by atoms with van der Waals surface area (Å²) in [5.41, 5.74) is 0.931. The van der Waals surface area contributed by atoms with Gasteiger partial charge in [-0.15, -0.1) is 0 Å². The molecule has 3 aliphatic heterocycles. The number of para-hydroxylation sites is 2. The van der Waals surface area contributed by atoms with Crippen LogP contribution in [0, 0.1) is 11.3 Å². The Kier molecular flexibility index (Phi) is 10.2. The fraction of sp³-hybridized carbons (Fsp3) is 0.500. The largest absolute Gasteiger partial charge is 0.449 e. The Morgan fingerprint density at radius 3 is 2.52 bits per heavy atom. The summed E-state index contributed by atoms with van der Waals surface area (Å²) < 4.78 is 48.0. The average Bonchev–Trinajstić information content (AvgIpc) is 3.46. The van der Waals surface area contributed by atoms with Crippen LogP contribution in [0.15, 0.2) is 66.7 Å². The molecular weight excluding hydrogens is 623 g/mol. The topological polar surface area (TPSA) is 106 Å². The van der Waals surface area contributed by atoms with Crippen molar-refractivity contribution >= 4 is 28.8 Å². The van der Waals surface area contributed by atoms with Gasteiger partial charge < -0.3 is 24.8 Å². The number of nitrogens with one attached hydrogen (secondary N) is 2. The maximum atomic E-state index is 13.8. The second kappa shape index (κ2) is 14.5. The molecule has 9 nitrogen and oxygen atoms in total. The van der Waals surface area contributed by atoms with E-state index >= 15 is 0 Å². The number of amides is 3. The molecule has 12 heteroatoms. The minimum Gasteiger partial charge on any atom is -0.381 e. The van der Waals surface area contributed by atoms with E-state index in [0.717, 1.165) is 10.1 Å². The molecule has 1 spiro atoms. The molecule has 6 rings (SSSR count). The van der Waals surface area contributed by atoms with Gasteiger partial charge in [-0.05, 0) is 56.2 Å². The monoisotopic (exact) mass is 665 g/mol. The zero-order valence-corrected chi connectivity index (χ0v) is 26.9. The first kappa shape index (κ1) is 33.7. The molecule has 2 aromatic carbocycles. The van der Waals surface area contributed by atoms with Gasteiger partial charge in [0.2, 0.25) is 23.5 Å². The number of alkyl halides is 3. The lowest BCUT2D eigenvalue weighted by Crippen LogP contribution is -2.58. The van der Waals surface area contributed by atoms with E-state index in [0.29, 0.717) is 70.3 Å². The predicted molar refractivity (Wildman–Crippen MR) is 174 cm³/mol. The highest BCUT2D eigenvalue weighted by Crippen LogP contribution is 2.36. The third-order valence-electron chi connectivity index (χ3n) is 10.0. The van der Waals surface area contributed by atoms with Crippen molar-refractivity contribution in [3.8, 4) is 0 Å². The molecule has 256 valence electrons. The number of likely N-dealkylation sites (tertiary alicyclic amines) is 1. The van der Waals surface area contributed by atoms with Crippen LogP contribution in [0.1, 0.15) is 56.3 Å². The zero-order chi connectivity index (χ0) is 33.7. The van der Waals surface area contributed by atoms with E-state index in [9.17, 15) is 27.6 Å². The van der Waals surface area contributed by atoms with E-state index in [1.54, 1.807) is 29.2 Å². The minimum absolute atomic E-state index is 0.0150. The van der Waals surface area contributed by atoms with Crippen LogP contribution >= 0.6 is 0 Å². The van der Waals surface area contributed by atoms with Gasteiger partial charge in [0.25, 0.3) is 0 Å². The number of hydrogen-bond acceptors (Lipinski definition) is 5. The van der Waals surface area contributed by atoms with E-state index in [1.165, 1.54) is 0 Å². The molecule has 3 atom stereocenters. The Morgan fingerprint density at radius 1 is 1.00 bits per heavy atom. The quantitative estimate of drug-likeness (QED) is 0.359. The number of carbonyl (C=O) groups is 3. The van der Waals surface area contributed by atoms with E-state index < -0.39 is 23.5 Å². The number of nitrogens with zero attached hydrogens (tertiary/aromatic N) is 3. The molecular formula is C36H42F3N5O4. The number of aryl methyl sites for hydroxylation is 1. The molecule has 2 N–H and O–H groups in total. The Bertz CT molecular complexity index is 1630. The Morgan fingerprint density at radius 2 is 1.75 bits per heavy atom. The SMILES string of the molecule is O=C1N[C@H]2CCN(C(=O)CCCn3c(C(F)(F)F)nc4ccccc43)C[C@H]2C/C=C/CC2(CCOCC2)C(=O)N[C@@H]1Cc1ccccc1. The van der Waals surface area contributed by atoms with E-state index in [4.69, 9.17) is 4.74 Å². The maximum Gasteiger partial charge on any atom is 0.449 e. The summed E-state index contributed by atoms with van der Waals surface area (Å²) in [6, 6.07) is 15.1. The van der Waals surface area contributed by atoms with Crippen LogP contribution in [0.3, 0.4) is 0 Å². The minimum atomic E-state index is -4.61. The number of benzene rings is 2. The molecule has 0 radical (unpaired) electrons. The lowest BCUT2D eigenvalue weighted by molar-refractivity contribution is -0.147.